The summed E-state index contributed by atoms with van der Waals surface area (Å²) in [7, 11) is 1.06. The Morgan fingerprint density at radius 2 is 1.54 bits per heavy atom. The highest BCUT2D eigenvalue weighted by molar-refractivity contribution is 5.92. The molecule has 0 saturated heterocycles. The van der Waals surface area contributed by atoms with Gasteiger partial charge in [0.1, 0.15) is 5.69 Å². The van der Waals surface area contributed by atoms with Crippen molar-refractivity contribution in [1.82, 2.24) is 19.8 Å². The Balaban J connectivity index is 2.04. The molecular weight excluding hydrogens is 358 g/mol. The second-order valence-electron chi connectivity index (χ2n) is 5.07. The monoisotopic (exact) mass is 367 g/mol. The van der Waals surface area contributed by atoms with Gasteiger partial charge in [-0.25, -0.2) is 27.2 Å². The molecule has 1 aromatic heterocycles. The molecule has 11 heteroatoms. The number of amides is 1. The van der Waals surface area contributed by atoms with Crippen LogP contribution in [0.15, 0.2) is 41.2 Å². The lowest BCUT2D eigenvalue weighted by atomic mass is 10.3. The van der Waals surface area contributed by atoms with E-state index in [1.807, 2.05) is 0 Å². The van der Waals surface area contributed by atoms with Gasteiger partial charge in [-0.3, -0.25) is 4.90 Å². The first-order valence-corrected chi connectivity index (χ1v) is 7.04. The van der Waals surface area contributed by atoms with Gasteiger partial charge in [0.25, 0.3) is 0 Å². The Hall–Kier alpha value is -3.50. The van der Waals surface area contributed by atoms with E-state index >= 15 is 0 Å². The number of hydrogen-bond donors (Lipinski definition) is 0. The molecule has 0 radical (unpaired) electrons. The Kier molecular flexibility index (Phi) is 4.28. The van der Waals surface area contributed by atoms with E-state index in [2.05, 4.69) is 10.4 Å². The average Bonchev–Trinajstić information content (AvgIpc) is 2.97. The molecule has 0 aliphatic carbocycles. The first-order valence-electron chi connectivity index (χ1n) is 7.04. The Morgan fingerprint density at radius 3 is 2.19 bits per heavy atom. The van der Waals surface area contributed by atoms with Gasteiger partial charge in [0.05, 0.1) is 5.69 Å². The molecule has 3 aromatic rings. The molecule has 2 aromatic carbocycles. The van der Waals surface area contributed by atoms with Gasteiger partial charge >= 0.3 is 11.7 Å². The smallest absolute Gasteiger partial charge is 0.292 e. The van der Waals surface area contributed by atoms with Crippen molar-refractivity contribution in [3.63, 3.8) is 0 Å². The van der Waals surface area contributed by atoms with Crippen molar-refractivity contribution in [2.45, 2.75) is 0 Å². The van der Waals surface area contributed by atoms with Crippen LogP contribution in [0.3, 0.4) is 0 Å². The number of tetrazole rings is 1. The first kappa shape index (κ1) is 17.3. The zero-order chi connectivity index (χ0) is 19.0. The molecule has 0 aliphatic rings. The van der Waals surface area contributed by atoms with E-state index in [-0.39, 0.29) is 9.36 Å². The van der Waals surface area contributed by atoms with E-state index in [1.165, 1.54) is 0 Å². The van der Waals surface area contributed by atoms with E-state index in [4.69, 9.17) is 0 Å². The molecule has 0 spiro atoms. The van der Waals surface area contributed by atoms with Crippen LogP contribution in [0.2, 0.25) is 0 Å². The minimum atomic E-state index is -1.32. The van der Waals surface area contributed by atoms with Crippen LogP contribution in [0.1, 0.15) is 0 Å². The summed E-state index contributed by atoms with van der Waals surface area (Å²) < 4.78 is 55.1. The van der Waals surface area contributed by atoms with E-state index in [0.717, 1.165) is 43.4 Å². The second kappa shape index (κ2) is 6.43. The molecule has 26 heavy (non-hydrogen) atoms. The molecule has 0 saturated carbocycles. The minimum absolute atomic E-state index is 0.163. The van der Waals surface area contributed by atoms with Crippen molar-refractivity contribution < 1.29 is 22.4 Å². The molecule has 134 valence electrons. The number of carbonyl (C=O) groups excluding carboxylic acids is 1. The van der Waals surface area contributed by atoms with Crippen LogP contribution in [0.25, 0.3) is 5.69 Å². The number of rotatable bonds is 2. The van der Waals surface area contributed by atoms with Gasteiger partial charge in [0.15, 0.2) is 23.3 Å². The lowest BCUT2D eigenvalue weighted by molar-refractivity contribution is 0.244. The zero-order valence-electron chi connectivity index (χ0n) is 13.0. The summed E-state index contributed by atoms with van der Waals surface area (Å²) in [6.07, 6.45) is 0. The van der Waals surface area contributed by atoms with Gasteiger partial charge in [-0.2, -0.15) is 4.68 Å². The number of para-hydroxylation sites is 1. The number of benzene rings is 2. The quantitative estimate of drug-likeness (QED) is 0.514. The molecule has 0 bridgehead atoms. The predicted molar refractivity (Wildman–Crippen MR) is 81.1 cm³/mol. The fraction of sp³-hybridized carbons (Fsp3) is 0.0667. The number of nitrogens with zero attached hydrogens (tertiary/aromatic N) is 5. The van der Waals surface area contributed by atoms with Gasteiger partial charge in [-0.15, -0.1) is 4.68 Å². The number of anilines is 1. The van der Waals surface area contributed by atoms with Crippen molar-refractivity contribution in [2.24, 2.45) is 0 Å². The fourth-order valence-corrected chi connectivity index (χ4v) is 2.19. The maximum Gasteiger partial charge on any atom is 0.377 e. The van der Waals surface area contributed by atoms with E-state index < -0.39 is 46.4 Å². The zero-order valence-corrected chi connectivity index (χ0v) is 13.0. The third-order valence-electron chi connectivity index (χ3n) is 3.49. The van der Waals surface area contributed by atoms with Crippen LogP contribution >= 0.6 is 0 Å². The largest absolute Gasteiger partial charge is 0.377 e. The third kappa shape index (κ3) is 2.72. The molecule has 3 rings (SSSR count). The average molecular weight is 367 g/mol. The first-order chi connectivity index (χ1) is 12.3. The highest BCUT2D eigenvalue weighted by Gasteiger charge is 2.25. The second-order valence-corrected chi connectivity index (χ2v) is 5.07. The molecule has 0 aliphatic heterocycles. The number of carbonyl (C=O) groups is 1. The predicted octanol–water partition coefficient (Wildman–Crippen LogP) is 2.09. The summed E-state index contributed by atoms with van der Waals surface area (Å²) in [6.45, 7) is 0. The van der Waals surface area contributed by atoms with Crippen LogP contribution in [0.5, 0.6) is 0 Å². The summed E-state index contributed by atoms with van der Waals surface area (Å²) in [5.74, 6) is -4.72. The minimum Gasteiger partial charge on any atom is -0.292 e. The summed E-state index contributed by atoms with van der Waals surface area (Å²) in [6, 6.07) is 4.76. The number of aromatic nitrogens is 4. The Morgan fingerprint density at radius 1 is 0.962 bits per heavy atom. The van der Waals surface area contributed by atoms with Crippen LogP contribution < -0.4 is 10.6 Å². The highest BCUT2D eigenvalue weighted by Crippen LogP contribution is 2.20. The Labute approximate surface area is 142 Å². The SMILES string of the molecule is CN(C(=O)n1nnn(-c2c(F)cccc2F)c1=O)c1cccc(F)c1F. The van der Waals surface area contributed by atoms with Crippen molar-refractivity contribution in [2.75, 3.05) is 11.9 Å². The molecular formula is C15H9F4N5O2. The maximum atomic E-state index is 13.8. The highest BCUT2D eigenvalue weighted by atomic mass is 19.2. The van der Waals surface area contributed by atoms with Crippen LogP contribution in [0.4, 0.5) is 28.0 Å². The van der Waals surface area contributed by atoms with Crippen molar-refractivity contribution in [3.05, 3.63) is 70.2 Å². The standard InChI is InChI=1S/C15H9F4N5O2/c1-22(11-7-3-4-8(16)12(11)19)14(25)24-15(26)23(20-21-24)13-9(17)5-2-6-10(13)18/h2-7H,1H3. The third-order valence-corrected chi connectivity index (χ3v) is 3.49. The van der Waals surface area contributed by atoms with Crippen molar-refractivity contribution in [3.8, 4) is 5.69 Å². The van der Waals surface area contributed by atoms with Gasteiger partial charge in [-0.1, -0.05) is 12.1 Å². The summed E-state index contributed by atoms with van der Waals surface area (Å²) in [5.41, 5.74) is -2.58. The molecule has 0 atom stereocenters. The molecule has 1 heterocycles. The van der Waals surface area contributed by atoms with Gasteiger partial charge in [-0.05, 0) is 34.7 Å². The van der Waals surface area contributed by atoms with E-state index in [1.54, 1.807) is 0 Å². The van der Waals surface area contributed by atoms with Crippen LogP contribution in [-0.2, 0) is 0 Å². The van der Waals surface area contributed by atoms with Gasteiger partial charge in [0.2, 0.25) is 0 Å². The van der Waals surface area contributed by atoms with Crippen LogP contribution in [0, 0.1) is 23.3 Å². The molecule has 0 unspecified atom stereocenters. The summed E-state index contributed by atoms with van der Waals surface area (Å²) >= 11 is 0. The van der Waals surface area contributed by atoms with E-state index in [9.17, 15) is 27.2 Å². The lowest BCUT2D eigenvalue weighted by Crippen LogP contribution is -2.39. The maximum absolute atomic E-state index is 13.8. The summed E-state index contributed by atoms with van der Waals surface area (Å²) in [5, 5.41) is 6.52. The lowest BCUT2D eigenvalue weighted by Gasteiger charge is -2.16. The normalized spacial score (nSPS) is 10.8. The molecule has 0 fully saturated rings. The number of halogens is 4. The van der Waals surface area contributed by atoms with Gasteiger partial charge < -0.3 is 0 Å². The molecule has 1 amide bonds. The summed E-state index contributed by atoms with van der Waals surface area (Å²) in [4.78, 5) is 25.2. The van der Waals surface area contributed by atoms with Crippen LogP contribution in [-0.4, -0.2) is 32.9 Å². The molecule has 0 N–H and O–H groups in total. The Bertz CT molecular complexity index is 1040. The van der Waals surface area contributed by atoms with Crippen molar-refractivity contribution in [1.29, 1.82) is 0 Å². The molecule has 7 nitrogen and oxygen atoms in total. The number of hydrogen-bond acceptors (Lipinski definition) is 4. The fourth-order valence-electron chi connectivity index (χ4n) is 2.19. The van der Waals surface area contributed by atoms with Gasteiger partial charge in [0, 0.05) is 7.05 Å². The topological polar surface area (TPSA) is 73.0 Å². The van der Waals surface area contributed by atoms with E-state index in [0.29, 0.717) is 4.90 Å². The van der Waals surface area contributed by atoms with Crippen molar-refractivity contribution >= 4 is 11.7 Å².